The van der Waals surface area contributed by atoms with E-state index in [0.717, 1.165) is 78.7 Å². The van der Waals surface area contributed by atoms with E-state index in [1.165, 1.54) is 43.8 Å². The monoisotopic (exact) mass is 820 g/mol. The summed E-state index contributed by atoms with van der Waals surface area (Å²) in [7, 11) is 0. The topological polar surface area (TPSA) is 30.5 Å². The first-order valence-corrected chi connectivity index (χ1v) is 21.9. The molecule has 0 amide bonds. The van der Waals surface area contributed by atoms with Crippen LogP contribution in [-0.4, -0.2) is 4.57 Å². The number of hydrogen-bond acceptors (Lipinski definition) is 3. The van der Waals surface area contributed by atoms with Gasteiger partial charge in [-0.2, -0.15) is 0 Å². The summed E-state index contributed by atoms with van der Waals surface area (Å²) in [6.45, 7) is 6.14. The number of furan rings is 1. The van der Waals surface area contributed by atoms with E-state index >= 15 is 0 Å². The van der Waals surface area contributed by atoms with Gasteiger partial charge in [0.15, 0.2) is 0 Å². The summed E-state index contributed by atoms with van der Waals surface area (Å²) in [5, 5.41) is 5.92. The second-order valence-electron chi connectivity index (χ2n) is 16.8. The van der Waals surface area contributed by atoms with E-state index in [9.17, 15) is 0 Å². The van der Waals surface area contributed by atoms with Crippen molar-refractivity contribution in [1.82, 2.24) is 4.57 Å². The van der Waals surface area contributed by atoms with Crippen LogP contribution in [-0.2, 0) is 5.41 Å². The number of rotatable bonds is 6. The van der Waals surface area contributed by atoms with Crippen LogP contribution in [0.15, 0.2) is 211 Å². The van der Waals surface area contributed by atoms with E-state index in [2.05, 4.69) is 210 Å². The Hall–Kier alpha value is -8.34. The van der Waals surface area contributed by atoms with Crippen molar-refractivity contribution in [2.45, 2.75) is 12.3 Å². The van der Waals surface area contributed by atoms with Gasteiger partial charge in [0.2, 0.25) is 0 Å². The fourth-order valence-electron chi connectivity index (χ4n) is 11.0. The molecule has 0 bridgehead atoms. The van der Waals surface area contributed by atoms with E-state index in [4.69, 9.17) is 9.15 Å². The van der Waals surface area contributed by atoms with Crippen LogP contribution >= 0.6 is 0 Å². The average Bonchev–Trinajstić information content (AvgIpc) is 3.87. The third-order valence-electron chi connectivity index (χ3n) is 13.5. The van der Waals surface area contributed by atoms with Crippen LogP contribution in [0.2, 0.25) is 0 Å². The number of allylic oxidation sites excluding steroid dienone is 1. The summed E-state index contributed by atoms with van der Waals surface area (Å²) in [6.07, 6.45) is 5.88. The van der Waals surface area contributed by atoms with Crippen molar-refractivity contribution >= 4 is 72.8 Å². The average molecular weight is 821 g/mol. The van der Waals surface area contributed by atoms with Crippen LogP contribution in [0.25, 0.3) is 72.5 Å². The molecule has 4 heteroatoms. The molecule has 0 N–H and O–H groups in total. The third-order valence-corrected chi connectivity index (χ3v) is 13.5. The maximum absolute atomic E-state index is 7.12. The van der Waals surface area contributed by atoms with Crippen molar-refractivity contribution in [3.8, 4) is 28.3 Å². The molecule has 1 aliphatic heterocycles. The van der Waals surface area contributed by atoms with Gasteiger partial charge in [0.25, 0.3) is 0 Å². The Labute approximate surface area is 370 Å². The molecule has 0 saturated heterocycles. The van der Waals surface area contributed by atoms with Crippen LogP contribution < -0.4 is 9.64 Å². The molecular formula is C60H40N2O2. The van der Waals surface area contributed by atoms with Gasteiger partial charge in [-0.05, 0) is 101 Å². The Bertz CT molecular complexity index is 3750. The summed E-state index contributed by atoms with van der Waals surface area (Å²) >= 11 is 0. The summed E-state index contributed by atoms with van der Waals surface area (Å²) in [5.74, 6) is 2.46. The maximum atomic E-state index is 7.12. The summed E-state index contributed by atoms with van der Waals surface area (Å²) in [6, 6.07) is 70.4. The zero-order chi connectivity index (χ0) is 42.5. The largest absolute Gasteiger partial charge is 0.457 e. The van der Waals surface area contributed by atoms with Gasteiger partial charge in [-0.3, -0.25) is 0 Å². The zero-order valence-corrected chi connectivity index (χ0v) is 35.1. The lowest BCUT2D eigenvalue weighted by Crippen LogP contribution is -2.36. The van der Waals surface area contributed by atoms with Gasteiger partial charge >= 0.3 is 0 Å². The van der Waals surface area contributed by atoms with Crippen LogP contribution in [0.1, 0.15) is 40.5 Å². The van der Waals surface area contributed by atoms with Crippen molar-refractivity contribution in [3.05, 3.63) is 240 Å². The number of anilines is 3. The fraction of sp³-hybridized carbons (Fsp3) is 0.0333. The first kappa shape index (κ1) is 36.3. The second kappa shape index (κ2) is 13.8. The smallest absolute Gasteiger partial charge is 0.137 e. The molecule has 1 atom stereocenters. The Balaban J connectivity index is 1.08. The van der Waals surface area contributed by atoms with Gasteiger partial charge in [0, 0.05) is 67.7 Å². The lowest BCUT2D eigenvalue weighted by Gasteiger charge is -2.45. The van der Waals surface area contributed by atoms with Crippen molar-refractivity contribution in [2.75, 3.05) is 4.90 Å². The highest BCUT2D eigenvalue weighted by Crippen LogP contribution is 2.61. The van der Waals surface area contributed by atoms with Crippen LogP contribution in [0, 0.1) is 0 Å². The van der Waals surface area contributed by atoms with Crippen molar-refractivity contribution in [3.63, 3.8) is 0 Å². The summed E-state index contributed by atoms with van der Waals surface area (Å²) in [4.78, 5) is 2.33. The maximum Gasteiger partial charge on any atom is 0.137 e. The summed E-state index contributed by atoms with van der Waals surface area (Å²) in [5.41, 5.74) is 14.7. The highest BCUT2D eigenvalue weighted by Gasteiger charge is 2.49. The van der Waals surface area contributed by atoms with E-state index in [0.29, 0.717) is 0 Å². The van der Waals surface area contributed by atoms with E-state index in [1.807, 2.05) is 25.2 Å². The molecule has 2 aliphatic rings. The highest BCUT2D eigenvalue weighted by molar-refractivity contribution is 6.11. The molecule has 13 rings (SSSR count). The summed E-state index contributed by atoms with van der Waals surface area (Å²) < 4.78 is 16.0. The number of nitrogens with zero attached hydrogens (tertiary/aromatic N) is 2. The molecule has 0 radical (unpaired) electrons. The van der Waals surface area contributed by atoms with Gasteiger partial charge in [0.05, 0.1) is 16.4 Å². The van der Waals surface area contributed by atoms with Gasteiger partial charge in [-0.25, -0.2) is 0 Å². The Morgan fingerprint density at radius 1 is 0.531 bits per heavy atom. The normalized spacial score (nSPS) is 14.8. The Kier molecular flexibility index (Phi) is 7.85. The molecule has 11 aromatic rings. The number of benzene rings is 9. The van der Waals surface area contributed by atoms with Gasteiger partial charge in [-0.15, -0.1) is 0 Å². The van der Waals surface area contributed by atoms with E-state index in [-0.39, 0.29) is 0 Å². The molecule has 1 unspecified atom stereocenters. The molecule has 64 heavy (non-hydrogen) atoms. The molecule has 1 aliphatic carbocycles. The fourth-order valence-corrected chi connectivity index (χ4v) is 11.0. The first-order valence-electron chi connectivity index (χ1n) is 21.9. The predicted octanol–water partition coefficient (Wildman–Crippen LogP) is 16.3. The SMILES string of the molecule is C=Cc1c(/C=C\C)oc2cc(N(c3ccc4c(c3)Oc3ccccc3C43c4ccccc4-c4cccc5cccc3c45)c3ccc4c5ccccc5n(-c5ccccc5)c4c3)ccc12. The van der Waals surface area contributed by atoms with E-state index < -0.39 is 5.41 Å². The van der Waals surface area contributed by atoms with Crippen molar-refractivity contribution in [1.29, 1.82) is 0 Å². The number of aromatic nitrogens is 1. The first-order chi connectivity index (χ1) is 31.6. The molecule has 302 valence electrons. The van der Waals surface area contributed by atoms with Crippen molar-refractivity contribution in [2.24, 2.45) is 0 Å². The minimum atomic E-state index is -0.634. The number of fused-ring (bicyclic) bond motifs is 12. The quantitative estimate of drug-likeness (QED) is 0.167. The minimum Gasteiger partial charge on any atom is -0.457 e. The van der Waals surface area contributed by atoms with Crippen LogP contribution in [0.3, 0.4) is 0 Å². The van der Waals surface area contributed by atoms with Gasteiger partial charge < -0.3 is 18.6 Å². The third kappa shape index (κ3) is 4.99. The number of hydrogen-bond donors (Lipinski definition) is 0. The molecular weight excluding hydrogens is 781 g/mol. The molecule has 2 aromatic heterocycles. The molecule has 4 nitrogen and oxygen atoms in total. The highest BCUT2D eigenvalue weighted by atomic mass is 16.5. The van der Waals surface area contributed by atoms with Crippen LogP contribution in [0.5, 0.6) is 11.5 Å². The van der Waals surface area contributed by atoms with Crippen molar-refractivity contribution < 1.29 is 9.15 Å². The predicted molar refractivity (Wildman–Crippen MR) is 265 cm³/mol. The molecule has 3 heterocycles. The number of ether oxygens (including phenoxy) is 1. The van der Waals surface area contributed by atoms with Crippen LogP contribution in [0.4, 0.5) is 17.1 Å². The molecule has 1 spiro atoms. The second-order valence-corrected chi connectivity index (χ2v) is 16.8. The standard InChI is InChI=1S/C60H40N2O2/c1-3-16-55-43(4-2)47-33-30-41(36-57(47)63-55)61(40-29-32-46-45-22-9-12-27-53(45)62(54(46)35-40)39-19-6-5-7-20-39)42-31-34-51-58(37-42)64-56-28-13-11-25-50(56)60(51)49-24-10-8-21-44(49)48-23-14-17-38-18-15-26-52(60)59(38)48/h3-37H,2H2,1H3/b16-3-. The lowest BCUT2D eigenvalue weighted by atomic mass is 9.58. The van der Waals surface area contributed by atoms with Gasteiger partial charge in [-0.1, -0.05) is 146 Å². The zero-order valence-electron chi connectivity index (χ0n) is 35.1. The Morgan fingerprint density at radius 2 is 1.19 bits per heavy atom. The lowest BCUT2D eigenvalue weighted by molar-refractivity contribution is 0.435. The molecule has 0 fully saturated rings. The van der Waals surface area contributed by atoms with E-state index in [1.54, 1.807) is 0 Å². The van der Waals surface area contributed by atoms with Gasteiger partial charge in [0.1, 0.15) is 22.8 Å². The Morgan fingerprint density at radius 3 is 2.05 bits per heavy atom. The number of para-hydroxylation sites is 3. The molecule has 9 aromatic carbocycles. The minimum absolute atomic E-state index is 0.634. The molecule has 0 saturated carbocycles.